The Morgan fingerprint density at radius 3 is 2.68 bits per heavy atom. The molecule has 1 aliphatic rings. The molecule has 0 saturated heterocycles. The van der Waals surface area contributed by atoms with Crippen molar-refractivity contribution in [2.24, 2.45) is 5.10 Å². The monoisotopic (exact) mass is 343 g/mol. The molecule has 8 heteroatoms. The first-order chi connectivity index (χ1) is 12.1. The van der Waals surface area contributed by atoms with E-state index in [0.717, 1.165) is 5.56 Å². The van der Waals surface area contributed by atoms with Crippen LogP contribution in [0.3, 0.4) is 0 Å². The first-order valence-electron chi connectivity index (χ1n) is 7.37. The van der Waals surface area contributed by atoms with Crippen molar-refractivity contribution in [2.45, 2.75) is 0 Å². The Balaban J connectivity index is 1.46. The molecule has 2 aromatic carbocycles. The number of benzene rings is 2. The second-order valence-corrected chi connectivity index (χ2v) is 5.10. The van der Waals surface area contributed by atoms with Gasteiger partial charge in [0.05, 0.1) is 12.8 Å². The molecule has 1 heterocycles. The first-order valence-corrected chi connectivity index (χ1v) is 7.37. The lowest BCUT2D eigenvalue weighted by atomic mass is 10.2. The summed E-state index contributed by atoms with van der Waals surface area (Å²) in [6.07, 6.45) is 1.45. The van der Waals surface area contributed by atoms with E-state index >= 15 is 0 Å². The number of carbonyl (C=O) groups excluding carboxylic acids is 2. The lowest BCUT2D eigenvalue weighted by Gasteiger charge is -2.04. The molecule has 0 unspecified atom stereocenters. The number of halogens is 1. The van der Waals surface area contributed by atoms with Gasteiger partial charge >= 0.3 is 0 Å². The average molecular weight is 343 g/mol. The number of nitrogens with one attached hydrogen (secondary N) is 2. The summed E-state index contributed by atoms with van der Waals surface area (Å²) >= 11 is 0. The molecule has 0 aliphatic carbocycles. The number of amides is 2. The predicted molar refractivity (Wildman–Crippen MR) is 87.0 cm³/mol. The van der Waals surface area contributed by atoms with Gasteiger partial charge in [-0.15, -0.1) is 0 Å². The number of hydrogen-bond donors (Lipinski definition) is 2. The Hall–Kier alpha value is -3.42. The summed E-state index contributed by atoms with van der Waals surface area (Å²) in [7, 11) is 0. The van der Waals surface area contributed by atoms with Crippen LogP contribution < -0.4 is 20.2 Å². The van der Waals surface area contributed by atoms with Crippen LogP contribution in [0.1, 0.15) is 15.9 Å². The summed E-state index contributed by atoms with van der Waals surface area (Å²) in [5.41, 5.74) is 3.28. The standard InChI is InChI=1S/C17H14FN3O4/c18-13-4-2-12(3-5-13)17(23)19-9-16(22)21-20-8-11-1-6-14-15(7-11)25-10-24-14/h1-8H,9-10H2,(H,19,23)(H,21,22)/b20-8-. The molecule has 128 valence electrons. The van der Waals surface area contributed by atoms with Crippen LogP contribution in [0.15, 0.2) is 47.6 Å². The highest BCUT2D eigenvalue weighted by atomic mass is 19.1. The van der Waals surface area contributed by atoms with E-state index in [1.807, 2.05) is 0 Å². The van der Waals surface area contributed by atoms with Crippen LogP contribution in [0.25, 0.3) is 0 Å². The van der Waals surface area contributed by atoms with Gasteiger partial charge in [0.15, 0.2) is 11.5 Å². The molecule has 0 aromatic heterocycles. The van der Waals surface area contributed by atoms with Crippen molar-refractivity contribution in [1.82, 2.24) is 10.7 Å². The van der Waals surface area contributed by atoms with Crippen LogP contribution >= 0.6 is 0 Å². The molecular weight excluding hydrogens is 329 g/mol. The molecule has 7 nitrogen and oxygen atoms in total. The zero-order chi connectivity index (χ0) is 17.6. The highest BCUT2D eigenvalue weighted by Gasteiger charge is 2.12. The molecule has 2 aromatic rings. The van der Waals surface area contributed by atoms with Crippen molar-refractivity contribution in [3.8, 4) is 11.5 Å². The number of carbonyl (C=O) groups is 2. The van der Waals surface area contributed by atoms with Gasteiger partial charge in [-0.1, -0.05) is 0 Å². The molecule has 0 radical (unpaired) electrons. The van der Waals surface area contributed by atoms with Gasteiger partial charge < -0.3 is 14.8 Å². The summed E-state index contributed by atoms with van der Waals surface area (Å²) in [6, 6.07) is 10.2. The Morgan fingerprint density at radius 1 is 1.12 bits per heavy atom. The number of ether oxygens (including phenoxy) is 2. The van der Waals surface area contributed by atoms with E-state index in [0.29, 0.717) is 11.5 Å². The summed E-state index contributed by atoms with van der Waals surface area (Å²) < 4.78 is 23.2. The summed E-state index contributed by atoms with van der Waals surface area (Å²) in [6.45, 7) is -0.0743. The maximum absolute atomic E-state index is 12.8. The van der Waals surface area contributed by atoms with E-state index in [-0.39, 0.29) is 18.9 Å². The fourth-order valence-electron chi connectivity index (χ4n) is 2.08. The van der Waals surface area contributed by atoms with E-state index in [9.17, 15) is 14.0 Å². The second-order valence-electron chi connectivity index (χ2n) is 5.10. The molecule has 0 atom stereocenters. The minimum absolute atomic E-state index is 0.181. The maximum atomic E-state index is 12.8. The number of hydrogen-bond acceptors (Lipinski definition) is 5. The number of rotatable bonds is 5. The topological polar surface area (TPSA) is 89.0 Å². The highest BCUT2D eigenvalue weighted by molar-refractivity contribution is 5.96. The third-order valence-corrected chi connectivity index (χ3v) is 3.32. The molecule has 1 aliphatic heterocycles. The molecule has 0 saturated carbocycles. The van der Waals surface area contributed by atoms with E-state index in [1.165, 1.54) is 30.5 Å². The van der Waals surface area contributed by atoms with E-state index in [4.69, 9.17) is 9.47 Å². The van der Waals surface area contributed by atoms with Crippen LogP contribution in [0.2, 0.25) is 0 Å². The SMILES string of the molecule is O=C(CNC(=O)c1ccc(F)cc1)N/N=C\c1ccc2c(c1)OCO2. The fraction of sp³-hybridized carbons (Fsp3) is 0.118. The van der Waals surface area contributed by atoms with Crippen LogP contribution in [-0.4, -0.2) is 31.4 Å². The number of hydrazone groups is 1. The summed E-state index contributed by atoms with van der Waals surface area (Å²) in [5.74, 6) is -0.138. The van der Waals surface area contributed by atoms with Gasteiger partial charge in [-0.05, 0) is 48.0 Å². The van der Waals surface area contributed by atoms with Crippen molar-refractivity contribution in [3.63, 3.8) is 0 Å². The van der Waals surface area contributed by atoms with Gasteiger partial charge in [0.25, 0.3) is 11.8 Å². The van der Waals surface area contributed by atoms with Gasteiger partial charge in [-0.2, -0.15) is 5.10 Å². The fourth-order valence-corrected chi connectivity index (χ4v) is 2.08. The summed E-state index contributed by atoms with van der Waals surface area (Å²) in [4.78, 5) is 23.5. The summed E-state index contributed by atoms with van der Waals surface area (Å²) in [5, 5.41) is 6.22. The normalized spacial score (nSPS) is 12.2. The molecule has 2 N–H and O–H groups in total. The minimum Gasteiger partial charge on any atom is -0.454 e. The van der Waals surface area contributed by atoms with Crippen molar-refractivity contribution in [1.29, 1.82) is 0 Å². The van der Waals surface area contributed by atoms with Crippen molar-refractivity contribution in [3.05, 3.63) is 59.4 Å². The molecule has 2 amide bonds. The second kappa shape index (κ2) is 7.43. The maximum Gasteiger partial charge on any atom is 0.259 e. The lowest BCUT2D eigenvalue weighted by molar-refractivity contribution is -0.120. The third-order valence-electron chi connectivity index (χ3n) is 3.32. The number of nitrogens with zero attached hydrogens (tertiary/aromatic N) is 1. The molecule has 25 heavy (non-hydrogen) atoms. The zero-order valence-electron chi connectivity index (χ0n) is 13.0. The molecule has 0 fully saturated rings. The predicted octanol–water partition coefficient (Wildman–Crippen LogP) is 1.43. The largest absolute Gasteiger partial charge is 0.454 e. The Labute approximate surface area is 142 Å². The smallest absolute Gasteiger partial charge is 0.259 e. The van der Waals surface area contributed by atoms with Gasteiger partial charge in [0.1, 0.15) is 5.82 Å². The number of fused-ring (bicyclic) bond motifs is 1. The van der Waals surface area contributed by atoms with E-state index < -0.39 is 17.6 Å². The van der Waals surface area contributed by atoms with Crippen molar-refractivity contribution < 1.29 is 23.5 Å². The minimum atomic E-state index is -0.493. The van der Waals surface area contributed by atoms with E-state index in [2.05, 4.69) is 15.8 Å². The first kappa shape index (κ1) is 16.4. The third kappa shape index (κ3) is 4.31. The van der Waals surface area contributed by atoms with Crippen molar-refractivity contribution >= 4 is 18.0 Å². The Bertz CT molecular complexity index is 821. The average Bonchev–Trinajstić information content (AvgIpc) is 3.08. The van der Waals surface area contributed by atoms with Crippen LogP contribution in [0.5, 0.6) is 11.5 Å². The Morgan fingerprint density at radius 2 is 1.88 bits per heavy atom. The molecule has 0 bridgehead atoms. The van der Waals surface area contributed by atoms with Gasteiger partial charge in [0.2, 0.25) is 6.79 Å². The van der Waals surface area contributed by atoms with Crippen LogP contribution in [0.4, 0.5) is 4.39 Å². The zero-order valence-corrected chi connectivity index (χ0v) is 13.0. The lowest BCUT2D eigenvalue weighted by Crippen LogP contribution is -2.34. The van der Waals surface area contributed by atoms with E-state index in [1.54, 1.807) is 18.2 Å². The molecular formula is C17H14FN3O4. The highest BCUT2D eigenvalue weighted by Crippen LogP contribution is 2.31. The van der Waals surface area contributed by atoms with Gasteiger partial charge in [-0.25, -0.2) is 9.82 Å². The molecule has 0 spiro atoms. The van der Waals surface area contributed by atoms with Crippen molar-refractivity contribution in [2.75, 3.05) is 13.3 Å². The van der Waals surface area contributed by atoms with Crippen LogP contribution in [-0.2, 0) is 4.79 Å². The van der Waals surface area contributed by atoms with Gasteiger partial charge in [0, 0.05) is 5.56 Å². The van der Waals surface area contributed by atoms with Crippen LogP contribution in [0, 0.1) is 5.82 Å². The Kier molecular flexibility index (Phi) is 4.89. The molecule has 3 rings (SSSR count). The van der Waals surface area contributed by atoms with Gasteiger partial charge in [-0.3, -0.25) is 9.59 Å². The quantitative estimate of drug-likeness (QED) is 0.635.